The predicted octanol–water partition coefficient (Wildman–Crippen LogP) is 10.3. The highest BCUT2D eigenvalue weighted by atomic mass is 35.5. The number of carbonyl (C=O) groups excluding carboxylic acids is 5. The molecule has 1 aliphatic heterocycles. The highest BCUT2D eigenvalue weighted by Gasteiger charge is 2.52. The molecule has 3 atom stereocenters. The summed E-state index contributed by atoms with van der Waals surface area (Å²) in [4.78, 5) is 71.6. The number of amides is 4. The van der Waals surface area contributed by atoms with Crippen molar-refractivity contribution in [3.8, 4) is 0 Å². The van der Waals surface area contributed by atoms with Crippen LogP contribution in [0.15, 0.2) is 218 Å². The van der Waals surface area contributed by atoms with Crippen LogP contribution in [0, 0.1) is 0 Å². The van der Waals surface area contributed by atoms with Gasteiger partial charge in [0.2, 0.25) is 23.6 Å². The predicted molar refractivity (Wildman–Crippen MR) is 304 cm³/mol. The summed E-state index contributed by atoms with van der Waals surface area (Å²) in [7, 11) is 0. The van der Waals surface area contributed by atoms with Crippen LogP contribution in [0.25, 0.3) is 0 Å². The molecule has 4 amide bonds. The van der Waals surface area contributed by atoms with Crippen molar-refractivity contribution >= 4 is 64.7 Å². The van der Waals surface area contributed by atoms with Crippen LogP contribution in [0.3, 0.4) is 0 Å². The molecule has 76 heavy (non-hydrogen) atoms. The quantitative estimate of drug-likeness (QED) is 0.0324. The number of esters is 1. The lowest BCUT2D eigenvalue weighted by atomic mass is 9.84. The van der Waals surface area contributed by atoms with Gasteiger partial charge in [0.25, 0.3) is 0 Å². The summed E-state index contributed by atoms with van der Waals surface area (Å²) in [5, 5.41) is 12.0. The Morgan fingerprint density at radius 2 is 1.04 bits per heavy atom. The van der Waals surface area contributed by atoms with Gasteiger partial charge in [0.15, 0.2) is 0 Å². The van der Waals surface area contributed by atoms with Crippen molar-refractivity contribution in [2.45, 2.75) is 65.3 Å². The van der Waals surface area contributed by atoms with E-state index in [1.807, 2.05) is 152 Å². The van der Waals surface area contributed by atoms with Gasteiger partial charge in [0.1, 0.15) is 30.3 Å². The molecule has 13 heteroatoms. The first-order valence-corrected chi connectivity index (χ1v) is 27.8. The number of hydrogen-bond donors (Lipinski definition) is 4. The number of benzene rings is 7. The van der Waals surface area contributed by atoms with Crippen LogP contribution < -0.4 is 21.3 Å². The zero-order chi connectivity index (χ0) is 52.8. The molecule has 0 bridgehead atoms. The van der Waals surface area contributed by atoms with Crippen LogP contribution in [0.5, 0.6) is 0 Å². The number of allylic oxidation sites excluding steroid dienone is 1. The Balaban J connectivity index is 1.00. The fourth-order valence-corrected chi connectivity index (χ4v) is 13.1. The molecule has 1 saturated carbocycles. The van der Waals surface area contributed by atoms with Crippen molar-refractivity contribution in [1.82, 2.24) is 21.3 Å². The van der Waals surface area contributed by atoms with Crippen LogP contribution in [-0.4, -0.2) is 71.4 Å². The molecule has 0 aromatic heterocycles. The molecule has 2 aliphatic rings. The third-order valence-corrected chi connectivity index (χ3v) is 17.2. The minimum atomic E-state index is -1.31. The zero-order valence-corrected chi connectivity index (χ0v) is 44.2. The Morgan fingerprint density at radius 1 is 0.566 bits per heavy atom. The molecular formula is C63H59ClN4O6S2. The number of nitrogens with one attached hydrogen (secondary N) is 4. The van der Waals surface area contributed by atoms with E-state index in [9.17, 15) is 24.0 Å². The van der Waals surface area contributed by atoms with E-state index in [4.69, 9.17) is 16.3 Å². The Labute approximate surface area is 457 Å². The number of cyclic esters (lactones) is 1. The SMILES string of the molecule is O=C1C[C@@H](C=CCCSC(c2ccccc2)(c2ccccc2)c2ccccc2)OC(=O)CNC(=O)C2(CC2)NC(=O)[C@@H](CSC(c2ccccc2)(c2ccccc2)c2ccccc2)NC(=O)[C@@H](Cc2cccc(Cl)c2)N1. The third kappa shape index (κ3) is 12.6. The summed E-state index contributed by atoms with van der Waals surface area (Å²) in [5.41, 5.74) is 5.60. The normalized spacial score (nSPS) is 18.5. The molecule has 7 aromatic rings. The topological polar surface area (TPSA) is 143 Å². The third-order valence-electron chi connectivity index (χ3n) is 13.7. The fraction of sp³-hybridized carbons (Fsp3) is 0.222. The van der Waals surface area contributed by atoms with Crippen molar-refractivity contribution in [3.05, 3.63) is 262 Å². The highest BCUT2D eigenvalue weighted by Crippen LogP contribution is 2.50. The van der Waals surface area contributed by atoms with Crippen molar-refractivity contribution in [2.75, 3.05) is 18.1 Å². The summed E-state index contributed by atoms with van der Waals surface area (Å²) in [6.07, 6.45) is 3.43. The summed E-state index contributed by atoms with van der Waals surface area (Å²) in [5.74, 6) is -2.40. The first-order chi connectivity index (χ1) is 37.1. The molecule has 1 saturated heterocycles. The monoisotopic (exact) mass is 1070 g/mol. The van der Waals surface area contributed by atoms with Gasteiger partial charge in [0.05, 0.1) is 15.9 Å². The maximum atomic E-state index is 14.9. The van der Waals surface area contributed by atoms with Gasteiger partial charge in [-0.25, -0.2) is 0 Å². The van der Waals surface area contributed by atoms with Gasteiger partial charge in [-0.3, -0.25) is 24.0 Å². The molecular weight excluding hydrogens is 1010 g/mol. The molecule has 1 aliphatic carbocycles. The highest BCUT2D eigenvalue weighted by molar-refractivity contribution is 8.00. The Bertz CT molecular complexity index is 2920. The largest absolute Gasteiger partial charge is 0.456 e. The number of thioether (sulfide) groups is 2. The Kier molecular flexibility index (Phi) is 17.6. The molecule has 1 spiro atoms. The van der Waals surface area contributed by atoms with E-state index >= 15 is 0 Å². The molecule has 0 unspecified atom stereocenters. The number of hydrogen-bond acceptors (Lipinski definition) is 8. The van der Waals surface area contributed by atoms with E-state index in [1.54, 1.807) is 42.1 Å². The van der Waals surface area contributed by atoms with Crippen LogP contribution in [-0.2, 0) is 44.6 Å². The first-order valence-electron chi connectivity index (χ1n) is 25.5. The summed E-state index contributed by atoms with van der Waals surface area (Å²) < 4.78 is 4.50. The van der Waals surface area contributed by atoms with E-state index < -0.39 is 69.4 Å². The maximum absolute atomic E-state index is 14.9. The minimum Gasteiger partial charge on any atom is -0.456 e. The second-order valence-electron chi connectivity index (χ2n) is 18.9. The average Bonchev–Trinajstić information content (AvgIpc) is 4.25. The number of carbonyl (C=O) groups is 5. The standard InChI is InChI=1S/C63H59ClN4O6S2/c64-52-35-21-22-45(40-52)41-54-58(71)67-55(44-76-63(49-29-13-4-14-30-49,50-31-15-5-16-32-50)51-33-17-6-18-34-51)59(72)68-61(37-38-61)60(73)65-43-57(70)74-53(42-56(69)66-54)36-19-20-39-75-62(46-23-7-1-8-24-46,47-25-9-2-10-26-47)48-27-11-3-12-28-48/h1-19,21-36,40,53-55H,20,37-39,41-44H2,(H,65,73)(H,66,69)(H,67,71)(H,68,72)/t53-,54-,55-/m1/s1. The molecule has 1 heterocycles. The summed E-state index contributed by atoms with van der Waals surface area (Å²) in [6.45, 7) is -0.493. The lowest BCUT2D eigenvalue weighted by molar-refractivity contribution is -0.148. The number of rotatable bonds is 16. The first kappa shape index (κ1) is 53.4. The minimum absolute atomic E-state index is 0.0252. The van der Waals surface area contributed by atoms with Crippen molar-refractivity contribution in [1.29, 1.82) is 0 Å². The Morgan fingerprint density at radius 3 is 1.50 bits per heavy atom. The van der Waals surface area contributed by atoms with E-state index in [0.717, 1.165) is 33.4 Å². The molecule has 10 nitrogen and oxygen atoms in total. The van der Waals surface area contributed by atoms with Gasteiger partial charge in [-0.1, -0.05) is 212 Å². The summed E-state index contributed by atoms with van der Waals surface area (Å²) in [6, 6.07) is 65.8. The van der Waals surface area contributed by atoms with Crippen LogP contribution >= 0.6 is 35.1 Å². The van der Waals surface area contributed by atoms with Crippen LogP contribution in [0.4, 0.5) is 0 Å². The average molecular weight is 1070 g/mol. The van der Waals surface area contributed by atoms with E-state index in [2.05, 4.69) is 57.7 Å². The van der Waals surface area contributed by atoms with E-state index in [0.29, 0.717) is 35.6 Å². The van der Waals surface area contributed by atoms with Gasteiger partial charge in [-0.2, -0.15) is 0 Å². The summed E-state index contributed by atoms with van der Waals surface area (Å²) >= 11 is 9.71. The van der Waals surface area contributed by atoms with Crippen molar-refractivity contribution in [2.24, 2.45) is 0 Å². The molecule has 2 fully saturated rings. The molecule has 386 valence electrons. The van der Waals surface area contributed by atoms with Gasteiger partial charge < -0.3 is 26.0 Å². The molecule has 7 aromatic carbocycles. The maximum Gasteiger partial charge on any atom is 0.326 e. The van der Waals surface area contributed by atoms with Gasteiger partial charge in [-0.05, 0) is 82.2 Å². The van der Waals surface area contributed by atoms with Crippen LogP contribution in [0.1, 0.15) is 64.6 Å². The second kappa shape index (κ2) is 25.0. The zero-order valence-electron chi connectivity index (χ0n) is 41.8. The molecule has 4 N–H and O–H groups in total. The molecule has 9 rings (SSSR count). The number of ether oxygens (including phenoxy) is 1. The fourth-order valence-electron chi connectivity index (χ4n) is 9.81. The second-order valence-corrected chi connectivity index (χ2v) is 21.9. The lowest BCUT2D eigenvalue weighted by Crippen LogP contribution is -2.59. The Hall–Kier alpha value is -7.38. The van der Waals surface area contributed by atoms with Gasteiger partial charge in [-0.15, -0.1) is 23.5 Å². The van der Waals surface area contributed by atoms with Crippen molar-refractivity contribution in [3.63, 3.8) is 0 Å². The lowest BCUT2D eigenvalue weighted by Gasteiger charge is -2.37. The van der Waals surface area contributed by atoms with Gasteiger partial charge in [0, 0.05) is 17.2 Å². The number of halogens is 1. The van der Waals surface area contributed by atoms with Gasteiger partial charge >= 0.3 is 5.97 Å². The van der Waals surface area contributed by atoms with E-state index in [-0.39, 0.29) is 18.6 Å². The van der Waals surface area contributed by atoms with Crippen LogP contribution in [0.2, 0.25) is 5.02 Å². The molecule has 0 radical (unpaired) electrons. The van der Waals surface area contributed by atoms with Crippen molar-refractivity contribution < 1.29 is 28.7 Å². The van der Waals surface area contributed by atoms with E-state index in [1.165, 1.54) is 11.8 Å². The smallest absolute Gasteiger partial charge is 0.326 e.